The summed E-state index contributed by atoms with van der Waals surface area (Å²) in [4.78, 5) is 16.8. The van der Waals surface area contributed by atoms with E-state index in [9.17, 15) is 13.2 Å². The number of rotatable bonds is 4. The number of sulfone groups is 1. The number of nitrogens with one attached hydrogen (secondary N) is 1. The molecule has 0 saturated carbocycles. The van der Waals surface area contributed by atoms with Crippen LogP contribution in [0, 0.1) is 0 Å². The van der Waals surface area contributed by atoms with Crippen molar-refractivity contribution in [2.45, 2.75) is 5.22 Å². The van der Waals surface area contributed by atoms with Gasteiger partial charge in [-0.3, -0.25) is 0 Å². The largest absolute Gasteiger partial charge is 0.428 e. The van der Waals surface area contributed by atoms with Crippen LogP contribution in [-0.2, 0) is 9.84 Å². The fraction of sp³-hybridized carbons (Fsp3) is 0.333. The average molecular weight is 310 g/mol. The zero-order valence-corrected chi connectivity index (χ0v) is 11.9. The summed E-state index contributed by atoms with van der Waals surface area (Å²) in [6.07, 6.45) is 0. The van der Waals surface area contributed by atoms with E-state index < -0.39 is 9.84 Å². The van der Waals surface area contributed by atoms with Crippen molar-refractivity contribution in [1.29, 1.82) is 0 Å². The average Bonchev–Trinajstić information content (AvgIpc) is 3.02. The second-order valence-electron chi connectivity index (χ2n) is 4.74. The molecule has 2 heterocycles. The van der Waals surface area contributed by atoms with Crippen LogP contribution < -0.4 is 11.1 Å². The lowest BCUT2D eigenvalue weighted by atomic mass is 10.3. The molecule has 0 atom stereocenters. The lowest BCUT2D eigenvalue weighted by Crippen LogP contribution is -2.32. The molecule has 1 aliphatic heterocycles. The SMILES string of the molecule is Nc1ccc2oc(S(=O)(=O)CCN3CCNC3=O)nc2c1. The van der Waals surface area contributed by atoms with Crippen molar-refractivity contribution in [2.75, 3.05) is 31.1 Å². The standard InChI is InChI=1S/C12H14N4O4S/c13-8-1-2-10-9(7-8)15-12(20-10)21(18,19)6-5-16-4-3-14-11(16)17/h1-2,7H,3-6,13H2,(H,14,17). The summed E-state index contributed by atoms with van der Waals surface area (Å²) >= 11 is 0. The van der Waals surface area contributed by atoms with Gasteiger partial charge in [-0.05, 0) is 18.2 Å². The molecule has 0 radical (unpaired) electrons. The van der Waals surface area contributed by atoms with Crippen LogP contribution in [0.4, 0.5) is 10.5 Å². The summed E-state index contributed by atoms with van der Waals surface area (Å²) in [7, 11) is -3.69. The van der Waals surface area contributed by atoms with Gasteiger partial charge >= 0.3 is 11.3 Å². The molecule has 1 saturated heterocycles. The van der Waals surface area contributed by atoms with Crippen LogP contribution in [0.25, 0.3) is 11.1 Å². The van der Waals surface area contributed by atoms with E-state index >= 15 is 0 Å². The van der Waals surface area contributed by atoms with E-state index in [1.807, 2.05) is 0 Å². The van der Waals surface area contributed by atoms with Crippen LogP contribution in [0.15, 0.2) is 27.8 Å². The molecular formula is C12H14N4O4S. The summed E-state index contributed by atoms with van der Waals surface area (Å²) in [6, 6.07) is 4.48. The third-order valence-electron chi connectivity index (χ3n) is 3.23. The zero-order valence-electron chi connectivity index (χ0n) is 11.1. The normalized spacial score (nSPS) is 15.6. The molecule has 0 aliphatic carbocycles. The molecule has 8 nitrogen and oxygen atoms in total. The number of nitrogen functional groups attached to an aromatic ring is 1. The number of carbonyl (C=O) groups is 1. The molecule has 1 fully saturated rings. The number of carbonyl (C=O) groups excluding carboxylic acids is 1. The van der Waals surface area contributed by atoms with Gasteiger partial charge in [-0.15, -0.1) is 0 Å². The Hall–Kier alpha value is -2.29. The number of urea groups is 1. The minimum atomic E-state index is -3.69. The maximum atomic E-state index is 12.2. The Kier molecular flexibility index (Phi) is 3.20. The molecular weight excluding hydrogens is 296 g/mol. The van der Waals surface area contributed by atoms with Crippen molar-refractivity contribution >= 4 is 32.7 Å². The quantitative estimate of drug-likeness (QED) is 0.779. The zero-order chi connectivity index (χ0) is 15.0. The molecule has 3 rings (SSSR count). The highest BCUT2D eigenvalue weighted by Gasteiger charge is 2.26. The van der Waals surface area contributed by atoms with Gasteiger partial charge < -0.3 is 20.4 Å². The van der Waals surface area contributed by atoms with Crippen molar-refractivity contribution in [3.63, 3.8) is 0 Å². The minimum Gasteiger partial charge on any atom is -0.428 e. The second-order valence-corrected chi connectivity index (χ2v) is 6.73. The second kappa shape index (κ2) is 4.92. The first-order chi connectivity index (χ1) is 9.95. The lowest BCUT2D eigenvalue weighted by molar-refractivity contribution is 0.220. The van der Waals surface area contributed by atoms with Gasteiger partial charge in [0, 0.05) is 25.3 Å². The molecule has 3 N–H and O–H groups in total. The monoisotopic (exact) mass is 310 g/mol. The highest BCUT2D eigenvalue weighted by atomic mass is 32.2. The van der Waals surface area contributed by atoms with Crippen molar-refractivity contribution in [1.82, 2.24) is 15.2 Å². The lowest BCUT2D eigenvalue weighted by Gasteiger charge is -2.12. The van der Waals surface area contributed by atoms with Crippen LogP contribution in [0.3, 0.4) is 0 Å². The molecule has 1 aliphatic rings. The van der Waals surface area contributed by atoms with Gasteiger partial charge in [0.05, 0.1) is 5.75 Å². The predicted octanol–water partition coefficient (Wildman–Crippen LogP) is 0.209. The smallest absolute Gasteiger partial charge is 0.317 e. The number of benzene rings is 1. The highest BCUT2D eigenvalue weighted by molar-refractivity contribution is 7.91. The van der Waals surface area contributed by atoms with Crippen molar-refractivity contribution < 1.29 is 17.6 Å². The van der Waals surface area contributed by atoms with E-state index in [0.29, 0.717) is 29.9 Å². The molecule has 0 spiro atoms. The molecule has 1 aromatic carbocycles. The first-order valence-corrected chi connectivity index (χ1v) is 8.02. The summed E-state index contributed by atoms with van der Waals surface area (Å²) in [5.41, 5.74) is 6.86. The molecule has 9 heteroatoms. The number of fused-ring (bicyclic) bond motifs is 1. The van der Waals surface area contributed by atoms with E-state index in [-0.39, 0.29) is 23.6 Å². The fourth-order valence-electron chi connectivity index (χ4n) is 2.10. The van der Waals surface area contributed by atoms with Gasteiger partial charge in [0.25, 0.3) is 0 Å². The topological polar surface area (TPSA) is 119 Å². The van der Waals surface area contributed by atoms with Gasteiger partial charge in [0.2, 0.25) is 9.84 Å². The summed E-state index contributed by atoms with van der Waals surface area (Å²) in [6.45, 7) is 1.13. The van der Waals surface area contributed by atoms with Crippen molar-refractivity contribution in [3.8, 4) is 0 Å². The number of nitrogens with zero attached hydrogens (tertiary/aromatic N) is 2. The number of anilines is 1. The predicted molar refractivity (Wildman–Crippen MR) is 75.4 cm³/mol. The van der Waals surface area contributed by atoms with Crippen molar-refractivity contribution in [2.24, 2.45) is 0 Å². The van der Waals surface area contributed by atoms with Crippen LogP contribution in [0.2, 0.25) is 0 Å². The van der Waals surface area contributed by atoms with E-state index in [4.69, 9.17) is 10.2 Å². The molecule has 0 unspecified atom stereocenters. The molecule has 0 bridgehead atoms. The van der Waals surface area contributed by atoms with Crippen LogP contribution in [0.5, 0.6) is 0 Å². The summed E-state index contributed by atoms with van der Waals surface area (Å²) < 4.78 is 29.7. The fourth-order valence-corrected chi connectivity index (χ4v) is 3.19. The van der Waals surface area contributed by atoms with E-state index in [2.05, 4.69) is 10.3 Å². The number of aromatic nitrogens is 1. The number of hydrogen-bond donors (Lipinski definition) is 2. The third-order valence-corrected chi connectivity index (χ3v) is 4.66. The molecule has 2 aromatic rings. The summed E-state index contributed by atoms with van der Waals surface area (Å²) in [5, 5.41) is 2.27. The number of hydrogen-bond acceptors (Lipinski definition) is 6. The van der Waals surface area contributed by atoms with E-state index in [1.54, 1.807) is 18.2 Å². The number of oxazole rings is 1. The maximum absolute atomic E-state index is 12.2. The number of nitrogens with two attached hydrogens (primary N) is 1. The van der Waals surface area contributed by atoms with Crippen molar-refractivity contribution in [3.05, 3.63) is 18.2 Å². The Morgan fingerprint density at radius 2 is 2.24 bits per heavy atom. The van der Waals surface area contributed by atoms with Crippen LogP contribution in [0.1, 0.15) is 0 Å². The first kappa shape index (κ1) is 13.7. The van der Waals surface area contributed by atoms with Gasteiger partial charge in [-0.1, -0.05) is 0 Å². The third kappa shape index (κ3) is 2.64. The Balaban J connectivity index is 1.81. The molecule has 2 amide bonds. The van der Waals surface area contributed by atoms with Gasteiger partial charge in [0.1, 0.15) is 5.52 Å². The minimum absolute atomic E-state index is 0.106. The van der Waals surface area contributed by atoms with E-state index in [0.717, 1.165) is 0 Å². The van der Waals surface area contributed by atoms with Gasteiger partial charge in [-0.25, -0.2) is 13.2 Å². The summed E-state index contributed by atoms with van der Waals surface area (Å²) in [5.74, 6) is -0.233. The Morgan fingerprint density at radius 1 is 1.43 bits per heavy atom. The Labute approximate surface area is 120 Å². The van der Waals surface area contributed by atoms with Gasteiger partial charge in [0.15, 0.2) is 5.58 Å². The van der Waals surface area contributed by atoms with Gasteiger partial charge in [-0.2, -0.15) is 4.98 Å². The highest BCUT2D eigenvalue weighted by Crippen LogP contribution is 2.21. The Morgan fingerprint density at radius 3 is 2.95 bits per heavy atom. The Bertz CT molecular complexity index is 799. The van der Waals surface area contributed by atoms with Crippen LogP contribution in [-0.4, -0.2) is 49.7 Å². The molecule has 112 valence electrons. The first-order valence-electron chi connectivity index (χ1n) is 6.37. The van der Waals surface area contributed by atoms with E-state index in [1.165, 1.54) is 4.90 Å². The maximum Gasteiger partial charge on any atom is 0.317 e. The number of amides is 2. The molecule has 21 heavy (non-hydrogen) atoms. The molecule has 1 aromatic heterocycles. The van der Waals surface area contributed by atoms with Crippen LogP contribution >= 0.6 is 0 Å².